The predicted molar refractivity (Wildman–Crippen MR) is 69.3 cm³/mol. The maximum Gasteiger partial charge on any atom is 0.00147 e. The lowest BCUT2D eigenvalue weighted by molar-refractivity contribution is 0.319. The van der Waals surface area contributed by atoms with Crippen LogP contribution in [-0.2, 0) is 0 Å². The van der Waals surface area contributed by atoms with Crippen molar-refractivity contribution >= 4 is 0 Å². The highest BCUT2D eigenvalue weighted by Crippen LogP contribution is 2.11. The Bertz CT molecular complexity index is 118. The van der Waals surface area contributed by atoms with Crippen LogP contribution in [0.2, 0.25) is 0 Å². The molecule has 0 aliphatic carbocycles. The Morgan fingerprint density at radius 3 is 1.53 bits per heavy atom. The minimum absolute atomic E-state index is 0.376. The largest absolute Gasteiger partial charge is 0.316 e. The number of hydrogen-bond donors (Lipinski definition) is 2. The van der Waals surface area contributed by atoms with E-state index in [1.807, 2.05) is 0 Å². The van der Waals surface area contributed by atoms with Gasteiger partial charge < -0.3 is 10.6 Å². The average molecular weight is 214 g/mol. The van der Waals surface area contributed by atoms with Crippen LogP contribution in [-0.4, -0.2) is 26.2 Å². The summed E-state index contributed by atoms with van der Waals surface area (Å²) in [5.74, 6) is 0. The van der Waals surface area contributed by atoms with Crippen LogP contribution in [0.5, 0.6) is 0 Å². The van der Waals surface area contributed by atoms with E-state index in [4.69, 9.17) is 0 Å². The summed E-state index contributed by atoms with van der Waals surface area (Å²) in [6.45, 7) is 13.7. The summed E-state index contributed by atoms with van der Waals surface area (Å²) in [4.78, 5) is 0. The minimum Gasteiger partial charge on any atom is -0.316 e. The standard InChI is InChI=1S/C13H30N2/c1-5-7-9-14-11-13(3,4)12-15-10-8-6-2/h14-15H,5-12H2,1-4H3. The summed E-state index contributed by atoms with van der Waals surface area (Å²) in [7, 11) is 0. The highest BCUT2D eigenvalue weighted by Gasteiger charge is 2.15. The van der Waals surface area contributed by atoms with Gasteiger partial charge >= 0.3 is 0 Å². The molecule has 0 atom stereocenters. The molecule has 0 spiro atoms. The third-order valence-electron chi connectivity index (χ3n) is 2.62. The second-order valence-electron chi connectivity index (χ2n) is 5.22. The molecule has 0 radical (unpaired) electrons. The molecule has 15 heavy (non-hydrogen) atoms. The minimum atomic E-state index is 0.376. The van der Waals surface area contributed by atoms with Crippen molar-refractivity contribution < 1.29 is 0 Å². The van der Waals surface area contributed by atoms with Gasteiger partial charge in [0.25, 0.3) is 0 Å². The lowest BCUT2D eigenvalue weighted by Gasteiger charge is -2.25. The van der Waals surface area contributed by atoms with Crippen LogP contribution in [0.25, 0.3) is 0 Å². The third-order valence-corrected chi connectivity index (χ3v) is 2.62. The summed E-state index contributed by atoms with van der Waals surface area (Å²) in [5, 5.41) is 7.05. The molecule has 2 nitrogen and oxygen atoms in total. The van der Waals surface area contributed by atoms with Gasteiger partial charge in [-0.25, -0.2) is 0 Å². The molecule has 0 amide bonds. The van der Waals surface area contributed by atoms with Crippen LogP contribution >= 0.6 is 0 Å². The van der Waals surface area contributed by atoms with Gasteiger partial charge in [-0.1, -0.05) is 40.5 Å². The average Bonchev–Trinajstić information content (AvgIpc) is 2.20. The maximum atomic E-state index is 3.53. The lowest BCUT2D eigenvalue weighted by Crippen LogP contribution is -2.38. The lowest BCUT2D eigenvalue weighted by atomic mass is 9.93. The topological polar surface area (TPSA) is 24.1 Å². The monoisotopic (exact) mass is 214 g/mol. The van der Waals surface area contributed by atoms with Gasteiger partial charge in [0.1, 0.15) is 0 Å². The van der Waals surface area contributed by atoms with Gasteiger partial charge in [-0.2, -0.15) is 0 Å². The van der Waals surface area contributed by atoms with E-state index < -0.39 is 0 Å². The van der Waals surface area contributed by atoms with E-state index in [1.54, 1.807) is 0 Å². The first kappa shape index (κ1) is 14.9. The smallest absolute Gasteiger partial charge is 0.00147 e. The molecule has 2 heteroatoms. The van der Waals surface area contributed by atoms with Crippen molar-refractivity contribution in [3.8, 4) is 0 Å². The van der Waals surface area contributed by atoms with Gasteiger partial charge in [0.15, 0.2) is 0 Å². The third kappa shape index (κ3) is 10.2. The van der Waals surface area contributed by atoms with Crippen molar-refractivity contribution in [2.45, 2.75) is 53.4 Å². The quantitative estimate of drug-likeness (QED) is 0.546. The summed E-state index contributed by atoms with van der Waals surface area (Å²) >= 11 is 0. The Labute approximate surface area is 96.2 Å². The number of rotatable bonds is 10. The van der Waals surface area contributed by atoms with E-state index in [0.717, 1.165) is 26.2 Å². The maximum absolute atomic E-state index is 3.53. The fourth-order valence-electron chi connectivity index (χ4n) is 1.52. The first-order chi connectivity index (χ1) is 7.12. The van der Waals surface area contributed by atoms with Crippen LogP contribution in [0.3, 0.4) is 0 Å². The van der Waals surface area contributed by atoms with Gasteiger partial charge in [-0.15, -0.1) is 0 Å². The fraction of sp³-hybridized carbons (Fsp3) is 1.00. The molecular weight excluding hydrogens is 184 g/mol. The first-order valence-electron chi connectivity index (χ1n) is 6.54. The van der Waals surface area contributed by atoms with Crippen molar-refractivity contribution in [3.63, 3.8) is 0 Å². The number of unbranched alkanes of at least 4 members (excludes halogenated alkanes) is 2. The summed E-state index contributed by atoms with van der Waals surface area (Å²) in [6, 6.07) is 0. The summed E-state index contributed by atoms with van der Waals surface area (Å²) < 4.78 is 0. The van der Waals surface area contributed by atoms with Crippen molar-refractivity contribution in [1.82, 2.24) is 10.6 Å². The molecule has 0 aromatic rings. The van der Waals surface area contributed by atoms with E-state index in [9.17, 15) is 0 Å². The summed E-state index contributed by atoms with van der Waals surface area (Å²) in [6.07, 6.45) is 5.14. The molecule has 0 unspecified atom stereocenters. The Morgan fingerprint density at radius 1 is 0.800 bits per heavy atom. The molecule has 0 rings (SSSR count). The number of nitrogens with one attached hydrogen (secondary N) is 2. The SMILES string of the molecule is CCCCNCC(C)(C)CNCCCC. The van der Waals surface area contributed by atoms with Crippen LogP contribution < -0.4 is 10.6 Å². The Kier molecular flexibility index (Phi) is 9.12. The van der Waals surface area contributed by atoms with E-state index in [-0.39, 0.29) is 0 Å². The Morgan fingerprint density at radius 2 is 1.20 bits per heavy atom. The summed E-state index contributed by atoms with van der Waals surface area (Å²) in [5.41, 5.74) is 0.376. The van der Waals surface area contributed by atoms with Gasteiger partial charge in [0.2, 0.25) is 0 Å². The Hall–Kier alpha value is -0.0800. The molecule has 0 aliphatic rings. The zero-order valence-corrected chi connectivity index (χ0v) is 11.2. The van der Waals surface area contributed by atoms with Crippen molar-refractivity contribution in [2.75, 3.05) is 26.2 Å². The van der Waals surface area contributed by atoms with Gasteiger partial charge in [-0.05, 0) is 31.3 Å². The molecule has 2 N–H and O–H groups in total. The van der Waals surface area contributed by atoms with Gasteiger partial charge in [0, 0.05) is 13.1 Å². The molecule has 0 saturated heterocycles. The van der Waals surface area contributed by atoms with E-state index in [2.05, 4.69) is 38.3 Å². The normalized spacial score (nSPS) is 12.0. The highest BCUT2D eigenvalue weighted by molar-refractivity contribution is 4.74. The van der Waals surface area contributed by atoms with Crippen LogP contribution in [0.15, 0.2) is 0 Å². The van der Waals surface area contributed by atoms with Crippen molar-refractivity contribution in [1.29, 1.82) is 0 Å². The van der Waals surface area contributed by atoms with Gasteiger partial charge in [0.05, 0.1) is 0 Å². The molecule has 0 aliphatic heterocycles. The molecule has 0 aromatic carbocycles. The number of hydrogen-bond acceptors (Lipinski definition) is 2. The van der Waals surface area contributed by atoms with Crippen molar-refractivity contribution in [3.05, 3.63) is 0 Å². The van der Waals surface area contributed by atoms with Crippen LogP contribution in [0.4, 0.5) is 0 Å². The molecule has 0 bridgehead atoms. The zero-order chi connectivity index (χ0) is 11.6. The first-order valence-corrected chi connectivity index (χ1v) is 6.54. The highest BCUT2D eigenvalue weighted by atomic mass is 14.9. The van der Waals surface area contributed by atoms with E-state index in [0.29, 0.717) is 5.41 Å². The zero-order valence-electron chi connectivity index (χ0n) is 11.2. The second-order valence-corrected chi connectivity index (χ2v) is 5.22. The molecular formula is C13H30N2. The molecule has 0 aromatic heterocycles. The molecule has 0 saturated carbocycles. The molecule has 92 valence electrons. The second kappa shape index (κ2) is 9.17. The van der Waals surface area contributed by atoms with Gasteiger partial charge in [-0.3, -0.25) is 0 Å². The fourth-order valence-corrected chi connectivity index (χ4v) is 1.52. The van der Waals surface area contributed by atoms with Crippen LogP contribution in [0, 0.1) is 5.41 Å². The molecule has 0 fully saturated rings. The molecule has 0 heterocycles. The van der Waals surface area contributed by atoms with Crippen LogP contribution in [0.1, 0.15) is 53.4 Å². The van der Waals surface area contributed by atoms with E-state index in [1.165, 1.54) is 25.7 Å². The van der Waals surface area contributed by atoms with E-state index >= 15 is 0 Å². The van der Waals surface area contributed by atoms with Crippen molar-refractivity contribution in [2.24, 2.45) is 5.41 Å². The Balaban J connectivity index is 3.40. The predicted octanol–water partition coefficient (Wildman–Crippen LogP) is 2.79.